The second-order valence-corrected chi connectivity index (χ2v) is 8.90. The summed E-state index contributed by atoms with van der Waals surface area (Å²) >= 11 is 5.04. The summed E-state index contributed by atoms with van der Waals surface area (Å²) in [4.78, 5) is 18.2. The number of nitrogens with zero attached hydrogens (tertiary/aromatic N) is 4. The highest BCUT2D eigenvalue weighted by atomic mass is 79.9. The molecule has 1 aromatic heterocycles. The summed E-state index contributed by atoms with van der Waals surface area (Å²) in [5.41, 5.74) is -0.246. The monoisotopic (exact) mass is 452 g/mol. The lowest BCUT2D eigenvalue weighted by atomic mass is 9.96. The van der Waals surface area contributed by atoms with E-state index in [0.29, 0.717) is 24.5 Å². The van der Waals surface area contributed by atoms with Crippen LogP contribution in [0.4, 0.5) is 0 Å². The minimum Gasteiger partial charge on any atom is -0.382 e. The van der Waals surface area contributed by atoms with E-state index in [2.05, 4.69) is 26.0 Å². The number of hydrogen-bond acceptors (Lipinski definition) is 5. The first kappa shape index (κ1) is 20.4. The quantitative estimate of drug-likeness (QED) is 0.623. The van der Waals surface area contributed by atoms with Crippen LogP contribution in [0.15, 0.2) is 41.4 Å². The van der Waals surface area contributed by atoms with E-state index in [1.54, 1.807) is 22.8 Å². The number of amides is 1. The molecule has 1 N–H and O–H groups in total. The van der Waals surface area contributed by atoms with Gasteiger partial charge in [-0.25, -0.2) is 9.67 Å². The Balaban J connectivity index is 1.58. The van der Waals surface area contributed by atoms with Crippen molar-refractivity contribution in [3.63, 3.8) is 0 Å². The van der Waals surface area contributed by atoms with E-state index in [-0.39, 0.29) is 5.91 Å². The molecule has 0 saturated carbocycles. The molecule has 1 amide bonds. The van der Waals surface area contributed by atoms with Crippen LogP contribution in [0.25, 0.3) is 0 Å². The van der Waals surface area contributed by atoms with Gasteiger partial charge in [0.05, 0.1) is 6.54 Å². The molecule has 2 heterocycles. The third-order valence-electron chi connectivity index (χ3n) is 4.78. The Morgan fingerprint density at radius 2 is 1.96 bits per heavy atom. The van der Waals surface area contributed by atoms with Crippen molar-refractivity contribution in [3.05, 3.63) is 47.0 Å². The van der Waals surface area contributed by atoms with Crippen LogP contribution in [-0.4, -0.2) is 55.3 Å². The van der Waals surface area contributed by atoms with Crippen LogP contribution >= 0.6 is 27.7 Å². The highest BCUT2D eigenvalue weighted by Gasteiger charge is 2.30. The molecule has 0 spiro atoms. The third-order valence-corrected chi connectivity index (χ3v) is 6.48. The molecule has 1 unspecified atom stereocenters. The Morgan fingerprint density at radius 1 is 1.22 bits per heavy atom. The van der Waals surface area contributed by atoms with Crippen molar-refractivity contribution in [2.24, 2.45) is 0 Å². The van der Waals surface area contributed by atoms with Gasteiger partial charge >= 0.3 is 0 Å². The van der Waals surface area contributed by atoms with Gasteiger partial charge in [-0.05, 0) is 37.0 Å². The second kappa shape index (κ2) is 9.71. The molecule has 1 aliphatic heterocycles. The zero-order chi connectivity index (χ0) is 19.1. The van der Waals surface area contributed by atoms with E-state index in [0.717, 1.165) is 36.0 Å². The number of halogens is 1. The maximum Gasteiger partial charge on any atom is 0.223 e. The largest absolute Gasteiger partial charge is 0.382 e. The number of piperidine rings is 1. The van der Waals surface area contributed by atoms with Gasteiger partial charge in [-0.2, -0.15) is 16.9 Å². The maximum atomic E-state index is 12.3. The fraction of sp³-hybridized carbons (Fsp3) is 0.526. The summed E-state index contributed by atoms with van der Waals surface area (Å²) in [6, 6.07) is 7.68. The second-order valence-electron chi connectivity index (χ2n) is 6.88. The third kappa shape index (κ3) is 5.80. The zero-order valence-electron chi connectivity index (χ0n) is 15.3. The molecule has 0 bridgehead atoms. The van der Waals surface area contributed by atoms with Gasteiger partial charge in [0.2, 0.25) is 5.91 Å². The van der Waals surface area contributed by atoms with Gasteiger partial charge in [0.25, 0.3) is 0 Å². The molecule has 1 fully saturated rings. The summed E-state index contributed by atoms with van der Waals surface area (Å²) < 4.78 is 2.61. The van der Waals surface area contributed by atoms with Crippen LogP contribution < -0.4 is 0 Å². The van der Waals surface area contributed by atoms with Crippen LogP contribution in [0.5, 0.6) is 0 Å². The Hall–Kier alpha value is -1.38. The molecule has 8 heteroatoms. The molecular weight excluding hydrogens is 428 g/mol. The Labute approximate surface area is 172 Å². The van der Waals surface area contributed by atoms with Gasteiger partial charge < -0.3 is 10.0 Å². The number of likely N-dealkylation sites (tertiary alicyclic amines) is 1. The van der Waals surface area contributed by atoms with Crippen molar-refractivity contribution in [1.82, 2.24) is 19.7 Å². The maximum absolute atomic E-state index is 12.3. The molecule has 1 aliphatic rings. The summed E-state index contributed by atoms with van der Waals surface area (Å²) in [7, 11) is 0. The molecular formula is C19H25BrN4O2S. The first-order chi connectivity index (χ1) is 13.1. The number of hydrogen-bond donors (Lipinski definition) is 1. The van der Waals surface area contributed by atoms with Gasteiger partial charge in [-0.3, -0.25) is 4.79 Å². The van der Waals surface area contributed by atoms with E-state index in [9.17, 15) is 9.90 Å². The number of rotatable bonds is 8. The van der Waals surface area contributed by atoms with Crippen molar-refractivity contribution in [1.29, 1.82) is 0 Å². The van der Waals surface area contributed by atoms with Crippen LogP contribution in [0.1, 0.15) is 31.2 Å². The van der Waals surface area contributed by atoms with E-state index in [1.807, 2.05) is 29.2 Å². The fourth-order valence-corrected chi connectivity index (χ4v) is 4.59. The Kier molecular flexibility index (Phi) is 7.32. The van der Waals surface area contributed by atoms with Crippen molar-refractivity contribution in [2.75, 3.05) is 24.6 Å². The summed E-state index contributed by atoms with van der Waals surface area (Å²) in [5.74, 6) is 1.42. The molecule has 6 nitrogen and oxygen atoms in total. The molecule has 1 saturated heterocycles. The number of aliphatic hydroxyl groups is 1. The van der Waals surface area contributed by atoms with Crippen LogP contribution in [0, 0.1) is 0 Å². The molecule has 1 aromatic carbocycles. The number of carbonyl (C=O) groups is 1. The van der Waals surface area contributed by atoms with E-state index >= 15 is 0 Å². The smallest absolute Gasteiger partial charge is 0.223 e. The highest BCUT2D eigenvalue weighted by molar-refractivity contribution is 9.10. The summed E-state index contributed by atoms with van der Waals surface area (Å²) in [6.07, 6.45) is 7.03. The molecule has 0 aliphatic carbocycles. The molecule has 27 heavy (non-hydrogen) atoms. The van der Waals surface area contributed by atoms with Gasteiger partial charge in [0.15, 0.2) is 0 Å². The zero-order valence-corrected chi connectivity index (χ0v) is 17.7. The lowest BCUT2D eigenvalue weighted by Crippen LogP contribution is -2.36. The molecule has 2 aromatic rings. The lowest BCUT2D eigenvalue weighted by molar-refractivity contribution is -0.131. The number of aromatic nitrogens is 3. The minimum absolute atomic E-state index is 0.227. The molecule has 3 rings (SSSR count). The van der Waals surface area contributed by atoms with Crippen molar-refractivity contribution in [3.8, 4) is 0 Å². The SMILES string of the molecule is O=C(CCSCC(O)(Cn1cncn1)c1ccc(Br)cc1)N1CCCCC1. The number of carbonyl (C=O) groups excluding carboxylic acids is 1. The van der Waals surface area contributed by atoms with Crippen LogP contribution in [0.2, 0.25) is 0 Å². The lowest BCUT2D eigenvalue weighted by Gasteiger charge is -2.29. The summed E-state index contributed by atoms with van der Waals surface area (Å²) in [6.45, 7) is 2.10. The molecule has 0 radical (unpaired) electrons. The first-order valence-electron chi connectivity index (χ1n) is 9.23. The first-order valence-corrected chi connectivity index (χ1v) is 11.2. The topological polar surface area (TPSA) is 71.2 Å². The van der Waals surface area contributed by atoms with Gasteiger partial charge in [0.1, 0.15) is 18.3 Å². The Morgan fingerprint density at radius 3 is 2.63 bits per heavy atom. The molecule has 146 valence electrons. The van der Waals surface area contributed by atoms with Gasteiger partial charge in [-0.15, -0.1) is 0 Å². The van der Waals surface area contributed by atoms with Gasteiger partial charge in [0, 0.05) is 35.5 Å². The minimum atomic E-state index is -1.08. The van der Waals surface area contributed by atoms with Crippen molar-refractivity contribution >= 4 is 33.6 Å². The average molecular weight is 453 g/mol. The predicted molar refractivity (Wildman–Crippen MR) is 110 cm³/mol. The van der Waals surface area contributed by atoms with Crippen LogP contribution in [0.3, 0.4) is 0 Å². The Bertz CT molecular complexity index is 720. The van der Waals surface area contributed by atoms with Crippen molar-refractivity contribution < 1.29 is 9.90 Å². The van der Waals surface area contributed by atoms with E-state index in [4.69, 9.17) is 0 Å². The van der Waals surface area contributed by atoms with Gasteiger partial charge in [-0.1, -0.05) is 28.1 Å². The standard InChI is InChI=1S/C19H25BrN4O2S/c20-17-6-4-16(5-7-17)19(26,12-24-15-21-14-22-24)13-27-11-8-18(25)23-9-2-1-3-10-23/h4-7,14-15,26H,1-3,8-13H2. The average Bonchev–Trinajstić information content (AvgIpc) is 3.19. The predicted octanol–water partition coefficient (Wildman–Crippen LogP) is 3.06. The normalized spacial score (nSPS) is 16.9. The highest BCUT2D eigenvalue weighted by Crippen LogP contribution is 2.29. The number of thioether (sulfide) groups is 1. The molecule has 1 atom stereocenters. The van der Waals surface area contributed by atoms with E-state index in [1.165, 1.54) is 12.7 Å². The fourth-order valence-electron chi connectivity index (χ4n) is 3.26. The van der Waals surface area contributed by atoms with Crippen molar-refractivity contribution in [2.45, 2.75) is 37.8 Å². The van der Waals surface area contributed by atoms with Crippen LogP contribution in [-0.2, 0) is 16.9 Å². The van der Waals surface area contributed by atoms with E-state index < -0.39 is 5.60 Å². The summed E-state index contributed by atoms with van der Waals surface area (Å²) in [5, 5.41) is 15.5. The number of benzene rings is 1.